The lowest BCUT2D eigenvalue weighted by molar-refractivity contribution is 0.127. The third kappa shape index (κ3) is 5.80. The summed E-state index contributed by atoms with van der Waals surface area (Å²) in [5.74, 6) is 0.931. The average molecular weight is 268 g/mol. The summed E-state index contributed by atoms with van der Waals surface area (Å²) in [7, 11) is 1.82. The van der Waals surface area contributed by atoms with E-state index in [0.717, 1.165) is 25.1 Å². The van der Waals surface area contributed by atoms with Gasteiger partial charge in [-0.2, -0.15) is 0 Å². The zero-order valence-electron chi connectivity index (χ0n) is 12.7. The van der Waals surface area contributed by atoms with E-state index in [2.05, 4.69) is 10.2 Å². The Morgan fingerprint density at radius 1 is 1.00 bits per heavy atom. The summed E-state index contributed by atoms with van der Waals surface area (Å²) in [5, 5.41) is 3.63. The van der Waals surface area contributed by atoms with Crippen LogP contribution < -0.4 is 5.32 Å². The van der Waals surface area contributed by atoms with E-state index >= 15 is 0 Å². The minimum absolute atomic E-state index is 0.725. The fourth-order valence-electron chi connectivity index (χ4n) is 3.61. The second-order valence-corrected chi connectivity index (χ2v) is 6.40. The molecule has 19 heavy (non-hydrogen) atoms. The number of methoxy groups -OCH3 is 1. The third-order valence-corrected chi connectivity index (χ3v) is 4.74. The van der Waals surface area contributed by atoms with E-state index in [1.54, 1.807) is 0 Å². The Hall–Kier alpha value is -0.120. The van der Waals surface area contributed by atoms with Gasteiger partial charge in [0.15, 0.2) is 0 Å². The van der Waals surface area contributed by atoms with Gasteiger partial charge in [0.05, 0.1) is 6.61 Å². The van der Waals surface area contributed by atoms with E-state index in [9.17, 15) is 0 Å². The quantitative estimate of drug-likeness (QED) is 0.718. The van der Waals surface area contributed by atoms with Gasteiger partial charge in [0.25, 0.3) is 0 Å². The van der Waals surface area contributed by atoms with E-state index in [1.165, 1.54) is 71.0 Å². The molecule has 0 amide bonds. The van der Waals surface area contributed by atoms with Gasteiger partial charge in [-0.05, 0) is 38.1 Å². The summed E-state index contributed by atoms with van der Waals surface area (Å²) in [6, 6.07) is 0.725. The summed E-state index contributed by atoms with van der Waals surface area (Å²) in [5.41, 5.74) is 0. The van der Waals surface area contributed by atoms with Crippen molar-refractivity contribution in [1.82, 2.24) is 10.2 Å². The van der Waals surface area contributed by atoms with E-state index < -0.39 is 0 Å². The molecule has 112 valence electrons. The molecule has 2 aliphatic rings. The van der Waals surface area contributed by atoms with E-state index in [0.29, 0.717) is 0 Å². The molecule has 1 aliphatic heterocycles. The minimum atomic E-state index is 0.725. The molecule has 0 aromatic carbocycles. The Balaban J connectivity index is 1.77. The van der Waals surface area contributed by atoms with Gasteiger partial charge in [0.1, 0.15) is 0 Å². The van der Waals surface area contributed by atoms with Gasteiger partial charge in [-0.3, -0.25) is 4.90 Å². The van der Waals surface area contributed by atoms with Gasteiger partial charge < -0.3 is 10.1 Å². The molecule has 0 radical (unpaired) electrons. The molecule has 0 spiro atoms. The van der Waals surface area contributed by atoms with E-state index in [4.69, 9.17) is 4.74 Å². The molecule has 1 unspecified atom stereocenters. The Morgan fingerprint density at radius 3 is 2.42 bits per heavy atom. The minimum Gasteiger partial charge on any atom is -0.383 e. The molecular weight excluding hydrogens is 236 g/mol. The van der Waals surface area contributed by atoms with Gasteiger partial charge in [-0.15, -0.1) is 0 Å². The molecular formula is C16H32N2O. The molecule has 1 saturated carbocycles. The molecule has 1 heterocycles. The van der Waals surface area contributed by atoms with Crippen LogP contribution in [-0.4, -0.2) is 50.8 Å². The van der Waals surface area contributed by atoms with Gasteiger partial charge in [0.2, 0.25) is 0 Å². The second kappa shape index (κ2) is 8.93. The van der Waals surface area contributed by atoms with Crippen LogP contribution in [0.25, 0.3) is 0 Å². The van der Waals surface area contributed by atoms with Crippen LogP contribution in [0, 0.1) is 5.92 Å². The maximum atomic E-state index is 5.29. The summed E-state index contributed by atoms with van der Waals surface area (Å²) in [4.78, 5) is 2.66. The summed E-state index contributed by atoms with van der Waals surface area (Å²) >= 11 is 0. The van der Waals surface area contributed by atoms with Crippen molar-refractivity contribution in [2.45, 2.75) is 57.4 Å². The van der Waals surface area contributed by atoms with Crippen LogP contribution in [-0.2, 0) is 4.74 Å². The summed E-state index contributed by atoms with van der Waals surface area (Å²) in [6.45, 7) is 5.71. The van der Waals surface area contributed by atoms with Crippen LogP contribution in [0.3, 0.4) is 0 Å². The van der Waals surface area contributed by atoms with Crippen LogP contribution in [0.5, 0.6) is 0 Å². The first-order valence-electron chi connectivity index (χ1n) is 8.33. The van der Waals surface area contributed by atoms with Gasteiger partial charge in [-0.1, -0.05) is 25.7 Å². The first kappa shape index (κ1) is 15.3. The first-order valence-corrected chi connectivity index (χ1v) is 8.33. The van der Waals surface area contributed by atoms with Crippen LogP contribution in [0.1, 0.15) is 51.4 Å². The lowest BCUT2D eigenvalue weighted by Crippen LogP contribution is -2.41. The Bertz CT molecular complexity index is 221. The standard InChI is InChI=1S/C16H32N2O/c1-19-12-11-18(14-16-9-6-10-17-16)13-15-7-4-2-3-5-8-15/h15-17H,2-14H2,1H3. The van der Waals surface area contributed by atoms with Crippen LogP contribution >= 0.6 is 0 Å². The predicted molar refractivity (Wildman–Crippen MR) is 80.5 cm³/mol. The molecule has 2 rings (SSSR count). The van der Waals surface area contributed by atoms with Crippen LogP contribution in [0.2, 0.25) is 0 Å². The fourth-order valence-corrected chi connectivity index (χ4v) is 3.61. The maximum absolute atomic E-state index is 5.29. The van der Waals surface area contributed by atoms with Crippen molar-refractivity contribution in [2.75, 3.05) is 39.9 Å². The topological polar surface area (TPSA) is 24.5 Å². The molecule has 3 nitrogen and oxygen atoms in total. The van der Waals surface area contributed by atoms with Gasteiger partial charge in [0, 0.05) is 32.8 Å². The van der Waals surface area contributed by atoms with Crippen LogP contribution in [0.4, 0.5) is 0 Å². The number of hydrogen-bond donors (Lipinski definition) is 1. The van der Waals surface area contributed by atoms with Crippen molar-refractivity contribution >= 4 is 0 Å². The lowest BCUT2D eigenvalue weighted by atomic mass is 9.99. The molecule has 0 bridgehead atoms. The number of hydrogen-bond acceptors (Lipinski definition) is 3. The average Bonchev–Trinajstić information content (AvgIpc) is 2.79. The fraction of sp³-hybridized carbons (Fsp3) is 1.00. The highest BCUT2D eigenvalue weighted by Crippen LogP contribution is 2.24. The zero-order chi connectivity index (χ0) is 13.3. The maximum Gasteiger partial charge on any atom is 0.0589 e. The Labute approximate surface area is 119 Å². The Morgan fingerprint density at radius 2 is 1.79 bits per heavy atom. The molecule has 0 aromatic rings. The third-order valence-electron chi connectivity index (χ3n) is 4.74. The second-order valence-electron chi connectivity index (χ2n) is 6.40. The van der Waals surface area contributed by atoms with Gasteiger partial charge >= 0.3 is 0 Å². The molecule has 1 N–H and O–H groups in total. The molecule has 3 heteroatoms. The number of nitrogens with one attached hydrogen (secondary N) is 1. The van der Waals surface area contributed by atoms with Crippen LogP contribution in [0.15, 0.2) is 0 Å². The molecule has 1 aliphatic carbocycles. The van der Waals surface area contributed by atoms with Crippen molar-refractivity contribution in [3.63, 3.8) is 0 Å². The van der Waals surface area contributed by atoms with Crippen molar-refractivity contribution in [3.8, 4) is 0 Å². The van der Waals surface area contributed by atoms with Crippen molar-refractivity contribution in [2.24, 2.45) is 5.92 Å². The van der Waals surface area contributed by atoms with E-state index in [1.807, 2.05) is 7.11 Å². The van der Waals surface area contributed by atoms with Crippen molar-refractivity contribution in [1.29, 1.82) is 0 Å². The monoisotopic (exact) mass is 268 g/mol. The number of ether oxygens (including phenoxy) is 1. The highest BCUT2D eigenvalue weighted by atomic mass is 16.5. The smallest absolute Gasteiger partial charge is 0.0589 e. The molecule has 1 saturated heterocycles. The number of nitrogens with zero attached hydrogens (tertiary/aromatic N) is 1. The predicted octanol–water partition coefficient (Wildman–Crippen LogP) is 2.66. The van der Waals surface area contributed by atoms with Crippen molar-refractivity contribution < 1.29 is 4.74 Å². The lowest BCUT2D eigenvalue weighted by Gasteiger charge is -2.29. The van der Waals surface area contributed by atoms with Crippen molar-refractivity contribution in [3.05, 3.63) is 0 Å². The summed E-state index contributed by atoms with van der Waals surface area (Å²) in [6.07, 6.45) is 11.4. The van der Waals surface area contributed by atoms with Gasteiger partial charge in [-0.25, -0.2) is 0 Å². The number of rotatable bonds is 7. The summed E-state index contributed by atoms with van der Waals surface area (Å²) < 4.78 is 5.29. The molecule has 0 aromatic heterocycles. The normalized spacial score (nSPS) is 25.9. The highest BCUT2D eigenvalue weighted by Gasteiger charge is 2.21. The molecule has 1 atom stereocenters. The van der Waals surface area contributed by atoms with E-state index in [-0.39, 0.29) is 0 Å². The molecule has 2 fully saturated rings. The largest absolute Gasteiger partial charge is 0.383 e. The first-order chi connectivity index (χ1) is 9.38. The highest BCUT2D eigenvalue weighted by molar-refractivity contribution is 4.79. The SMILES string of the molecule is COCCN(CC1CCCCCC1)CC1CCCN1. The zero-order valence-corrected chi connectivity index (χ0v) is 12.7. The Kier molecular flexibility index (Phi) is 7.18.